The van der Waals surface area contributed by atoms with Gasteiger partial charge >= 0.3 is 0 Å². The number of aliphatic imine (C=N–C) groups is 1. The number of amidine groups is 1. The van der Waals surface area contributed by atoms with Crippen LogP contribution in [-0.4, -0.2) is 17.5 Å². The lowest BCUT2D eigenvalue weighted by Gasteiger charge is -2.03. The van der Waals surface area contributed by atoms with Crippen molar-refractivity contribution in [2.75, 3.05) is 7.05 Å². The summed E-state index contributed by atoms with van der Waals surface area (Å²) in [4.78, 5) is 3.81. The van der Waals surface area contributed by atoms with Crippen molar-refractivity contribution in [1.29, 1.82) is 0 Å². The molecule has 4 heteroatoms. The first-order valence-electron chi connectivity index (χ1n) is 3.40. The van der Waals surface area contributed by atoms with Crippen molar-refractivity contribution >= 4 is 16.9 Å². The zero-order chi connectivity index (χ0) is 8.85. The Bertz CT molecular complexity index is 175. The lowest BCUT2D eigenvalue weighted by Crippen LogP contribution is -2.10. The van der Waals surface area contributed by atoms with Gasteiger partial charge in [0.2, 0.25) is 5.29 Å². The molecule has 0 heterocycles. The highest BCUT2D eigenvalue weighted by atomic mass is 35.5. The molecule has 0 aliphatic heterocycles. The molecule has 0 radical (unpaired) electrons. The van der Waals surface area contributed by atoms with Crippen LogP contribution in [0.1, 0.15) is 20.3 Å². The molecule has 0 aliphatic rings. The third-order valence-electron chi connectivity index (χ3n) is 1.19. The zero-order valence-corrected chi connectivity index (χ0v) is 7.69. The average molecular weight is 179 g/mol. The lowest BCUT2D eigenvalue weighted by molar-refractivity contribution is 0.166. The van der Waals surface area contributed by atoms with Crippen molar-refractivity contribution < 1.29 is 4.48 Å². The summed E-state index contributed by atoms with van der Waals surface area (Å²) in [5, 5.41) is 0.140. The zero-order valence-electron chi connectivity index (χ0n) is 6.93. The Kier molecular flexibility index (Phi) is 4.86. The Hall–Kier alpha value is -0.570. The van der Waals surface area contributed by atoms with Crippen molar-refractivity contribution in [3.63, 3.8) is 0 Å². The highest BCUT2D eigenvalue weighted by Gasteiger charge is 1.99. The van der Waals surface area contributed by atoms with E-state index in [4.69, 9.17) is 11.6 Å². The summed E-state index contributed by atoms with van der Waals surface area (Å²) in [5.41, 5.74) is 0.777. The minimum absolute atomic E-state index is 0.139. The Labute approximate surface area is 71.3 Å². The molecule has 0 N–H and O–H groups in total. The monoisotopic (exact) mass is 178 g/mol. The molecule has 0 aromatic rings. The first-order chi connectivity index (χ1) is 5.11. The summed E-state index contributed by atoms with van der Waals surface area (Å²) in [5.74, 6) is 0. The second kappa shape index (κ2) is 5.13. The number of allylic oxidation sites excluding steroid dienone is 2. The van der Waals surface area contributed by atoms with Crippen molar-refractivity contribution in [3.05, 3.63) is 11.8 Å². The summed E-state index contributed by atoms with van der Waals surface area (Å²) in [6, 6.07) is 0. The van der Waals surface area contributed by atoms with Crippen LogP contribution < -0.4 is 0 Å². The first-order valence-corrected chi connectivity index (χ1v) is 3.78. The standard InChI is InChI=1S/C7H12ClFN2/c1-4-6(5-2)10-7(8)11(3)9/h4H,5H2,1-3H3/b6-4+,10-7-. The molecule has 0 bridgehead atoms. The van der Waals surface area contributed by atoms with Gasteiger partial charge in [0.25, 0.3) is 0 Å². The van der Waals surface area contributed by atoms with Crippen LogP contribution in [0.5, 0.6) is 0 Å². The number of hydrogen-bond acceptors (Lipinski definition) is 1. The molecule has 0 saturated heterocycles. The fourth-order valence-corrected chi connectivity index (χ4v) is 0.644. The van der Waals surface area contributed by atoms with Gasteiger partial charge in [0.05, 0.1) is 0 Å². The second-order valence-corrected chi connectivity index (χ2v) is 2.33. The van der Waals surface area contributed by atoms with Crippen molar-refractivity contribution in [2.45, 2.75) is 20.3 Å². The minimum atomic E-state index is -0.139. The first kappa shape index (κ1) is 10.4. The van der Waals surface area contributed by atoms with Crippen LogP contribution in [0.2, 0.25) is 0 Å². The van der Waals surface area contributed by atoms with E-state index in [-0.39, 0.29) is 10.4 Å². The third-order valence-corrected chi connectivity index (χ3v) is 1.50. The summed E-state index contributed by atoms with van der Waals surface area (Å²) < 4.78 is 12.3. The average Bonchev–Trinajstić information content (AvgIpc) is 1.99. The maximum atomic E-state index is 12.3. The fraction of sp³-hybridized carbons (Fsp3) is 0.571. The van der Waals surface area contributed by atoms with Gasteiger partial charge in [-0.05, 0) is 24.9 Å². The number of nitrogens with zero attached hydrogens (tertiary/aromatic N) is 2. The van der Waals surface area contributed by atoms with E-state index in [1.165, 1.54) is 7.05 Å². The van der Waals surface area contributed by atoms with Crippen LogP contribution in [0, 0.1) is 0 Å². The van der Waals surface area contributed by atoms with Gasteiger partial charge in [0.1, 0.15) is 0 Å². The summed E-state index contributed by atoms with van der Waals surface area (Å²) in [6.07, 6.45) is 2.55. The van der Waals surface area contributed by atoms with Crippen molar-refractivity contribution in [3.8, 4) is 0 Å². The van der Waals surface area contributed by atoms with Gasteiger partial charge in [-0.15, -0.1) is 0 Å². The largest absolute Gasteiger partial charge is 0.226 e. The van der Waals surface area contributed by atoms with Crippen LogP contribution in [0.15, 0.2) is 16.8 Å². The molecule has 0 unspecified atom stereocenters. The number of halogens is 2. The maximum Gasteiger partial charge on any atom is 0.226 e. The molecule has 0 aromatic carbocycles. The molecule has 11 heavy (non-hydrogen) atoms. The summed E-state index contributed by atoms with van der Waals surface area (Å²) in [7, 11) is 1.20. The fourth-order valence-electron chi connectivity index (χ4n) is 0.535. The lowest BCUT2D eigenvalue weighted by atomic mass is 10.3. The van der Waals surface area contributed by atoms with Crippen LogP contribution in [0.4, 0.5) is 4.48 Å². The Morgan fingerprint density at radius 2 is 2.27 bits per heavy atom. The number of rotatable bonds is 2. The molecule has 0 spiro atoms. The molecule has 0 fully saturated rings. The molecule has 64 valence electrons. The maximum absolute atomic E-state index is 12.3. The molecule has 0 amide bonds. The van der Waals surface area contributed by atoms with Gasteiger partial charge < -0.3 is 0 Å². The minimum Gasteiger partial charge on any atom is -0.223 e. The van der Waals surface area contributed by atoms with E-state index in [1.807, 2.05) is 13.8 Å². The van der Waals surface area contributed by atoms with Crippen molar-refractivity contribution in [1.82, 2.24) is 5.12 Å². The Morgan fingerprint density at radius 1 is 1.73 bits per heavy atom. The summed E-state index contributed by atoms with van der Waals surface area (Å²) >= 11 is 5.43. The van der Waals surface area contributed by atoms with Crippen LogP contribution in [0.25, 0.3) is 0 Å². The normalized spacial score (nSPS) is 13.5. The molecule has 2 nitrogen and oxygen atoms in total. The van der Waals surface area contributed by atoms with E-state index in [0.29, 0.717) is 0 Å². The van der Waals surface area contributed by atoms with Crippen molar-refractivity contribution in [2.24, 2.45) is 4.99 Å². The van der Waals surface area contributed by atoms with E-state index >= 15 is 0 Å². The molecule has 0 atom stereocenters. The Morgan fingerprint density at radius 3 is 2.55 bits per heavy atom. The van der Waals surface area contributed by atoms with E-state index < -0.39 is 0 Å². The van der Waals surface area contributed by atoms with E-state index in [2.05, 4.69) is 4.99 Å². The van der Waals surface area contributed by atoms with Gasteiger partial charge in [0, 0.05) is 12.7 Å². The van der Waals surface area contributed by atoms with Gasteiger partial charge in [-0.25, -0.2) is 4.99 Å². The molecule has 0 rings (SSSR count). The molecular weight excluding hydrogens is 167 g/mol. The Balaban J connectivity index is 4.28. The van der Waals surface area contributed by atoms with Gasteiger partial charge in [-0.3, -0.25) is 0 Å². The van der Waals surface area contributed by atoms with E-state index in [0.717, 1.165) is 12.1 Å². The summed E-state index contributed by atoms with van der Waals surface area (Å²) in [6.45, 7) is 3.77. The van der Waals surface area contributed by atoms with Crippen LogP contribution in [-0.2, 0) is 0 Å². The van der Waals surface area contributed by atoms with Gasteiger partial charge in [0.15, 0.2) is 0 Å². The molecular formula is C7H12ClFN2. The second-order valence-electron chi connectivity index (χ2n) is 1.99. The number of hydrogen-bond donors (Lipinski definition) is 0. The van der Waals surface area contributed by atoms with E-state index in [1.54, 1.807) is 6.08 Å². The molecule has 0 saturated carbocycles. The predicted molar refractivity (Wildman–Crippen MR) is 46.2 cm³/mol. The van der Waals surface area contributed by atoms with Crippen LogP contribution in [0.3, 0.4) is 0 Å². The molecule has 0 aromatic heterocycles. The highest BCUT2D eigenvalue weighted by molar-refractivity contribution is 6.64. The smallest absolute Gasteiger partial charge is 0.223 e. The quantitative estimate of drug-likeness (QED) is 0.275. The van der Waals surface area contributed by atoms with Gasteiger partial charge in [-0.2, -0.15) is 5.12 Å². The van der Waals surface area contributed by atoms with E-state index in [9.17, 15) is 4.48 Å². The van der Waals surface area contributed by atoms with Crippen LogP contribution >= 0.6 is 11.6 Å². The highest BCUT2D eigenvalue weighted by Crippen LogP contribution is 2.05. The SMILES string of the molecule is C/C=C(CC)/N=C(/Cl)N(C)F. The topological polar surface area (TPSA) is 15.6 Å². The molecule has 0 aliphatic carbocycles. The van der Waals surface area contributed by atoms with Gasteiger partial charge in [-0.1, -0.05) is 17.5 Å². The predicted octanol–water partition coefficient (Wildman–Crippen LogP) is 2.71. The third kappa shape index (κ3) is 3.98.